The summed E-state index contributed by atoms with van der Waals surface area (Å²) < 4.78 is 0. The molecule has 0 atom stereocenters. The number of carbonyl (C=O) groups is 1. The Morgan fingerprint density at radius 3 is 2.36 bits per heavy atom. The second-order valence-electron chi connectivity index (χ2n) is 6.21. The fraction of sp³-hybridized carbons (Fsp3) is 0.143. The van der Waals surface area contributed by atoms with Crippen LogP contribution in [0, 0.1) is 13.8 Å². The molecule has 0 radical (unpaired) electrons. The minimum Gasteiger partial charge on any atom is -0.508 e. The van der Waals surface area contributed by atoms with Crippen LogP contribution >= 0.6 is 11.8 Å². The van der Waals surface area contributed by atoms with Gasteiger partial charge in [0.25, 0.3) is 5.91 Å². The number of nitrogens with zero attached hydrogens (tertiary/aromatic N) is 3. The molecule has 7 heteroatoms. The van der Waals surface area contributed by atoms with Gasteiger partial charge in [-0.1, -0.05) is 23.9 Å². The van der Waals surface area contributed by atoms with E-state index in [2.05, 4.69) is 20.5 Å². The average Bonchev–Trinajstić information content (AvgIpc) is 2.67. The van der Waals surface area contributed by atoms with Gasteiger partial charge in [0.1, 0.15) is 5.75 Å². The van der Waals surface area contributed by atoms with Crippen molar-refractivity contribution in [2.45, 2.75) is 24.8 Å². The first kappa shape index (κ1) is 19.6. The van der Waals surface area contributed by atoms with Crippen molar-refractivity contribution in [1.82, 2.24) is 15.4 Å². The summed E-state index contributed by atoms with van der Waals surface area (Å²) in [6.45, 7) is 3.91. The summed E-state index contributed by atoms with van der Waals surface area (Å²) in [6, 6.07) is 15.8. The third-order valence-electron chi connectivity index (χ3n) is 3.82. The smallest absolute Gasteiger partial charge is 0.271 e. The Bertz CT molecular complexity index is 966. The van der Waals surface area contributed by atoms with E-state index in [0.717, 1.165) is 33.4 Å². The molecule has 142 valence electrons. The van der Waals surface area contributed by atoms with E-state index >= 15 is 0 Å². The Labute approximate surface area is 167 Å². The maximum Gasteiger partial charge on any atom is 0.271 e. The average molecular weight is 392 g/mol. The number of phenolic OH excluding ortho intramolecular Hbond substituents is 1. The summed E-state index contributed by atoms with van der Waals surface area (Å²) in [5.41, 5.74) is 6.79. The topological polar surface area (TPSA) is 87.5 Å². The Kier molecular flexibility index (Phi) is 6.39. The van der Waals surface area contributed by atoms with Gasteiger partial charge < -0.3 is 5.11 Å². The van der Waals surface area contributed by atoms with Crippen molar-refractivity contribution in [3.8, 4) is 5.75 Å². The fourth-order valence-electron chi connectivity index (χ4n) is 2.45. The number of thioether (sulfide) groups is 1. The van der Waals surface area contributed by atoms with Crippen LogP contribution in [0.15, 0.2) is 64.9 Å². The quantitative estimate of drug-likeness (QED) is 0.288. The Balaban J connectivity index is 1.54. The summed E-state index contributed by atoms with van der Waals surface area (Å²) in [5, 5.41) is 13.9. The molecule has 0 saturated carbocycles. The number of nitrogens with one attached hydrogen (secondary N) is 1. The molecule has 0 saturated heterocycles. The van der Waals surface area contributed by atoms with E-state index in [9.17, 15) is 9.90 Å². The van der Waals surface area contributed by atoms with Gasteiger partial charge >= 0.3 is 0 Å². The zero-order chi connectivity index (χ0) is 19.9. The molecule has 0 aliphatic carbocycles. The van der Waals surface area contributed by atoms with E-state index < -0.39 is 0 Å². The number of hydrazone groups is 1. The molecular weight excluding hydrogens is 372 g/mol. The molecule has 3 rings (SSSR count). The van der Waals surface area contributed by atoms with E-state index in [0.29, 0.717) is 5.56 Å². The van der Waals surface area contributed by atoms with Gasteiger partial charge in [-0.15, -0.1) is 0 Å². The summed E-state index contributed by atoms with van der Waals surface area (Å²) in [6.07, 6.45) is 1.52. The molecule has 1 aromatic heterocycles. The number of phenols is 1. The van der Waals surface area contributed by atoms with Crippen molar-refractivity contribution in [2.24, 2.45) is 5.10 Å². The van der Waals surface area contributed by atoms with Crippen molar-refractivity contribution in [1.29, 1.82) is 0 Å². The number of hydrogen-bond acceptors (Lipinski definition) is 6. The van der Waals surface area contributed by atoms with Crippen LogP contribution < -0.4 is 5.43 Å². The predicted octanol–water partition coefficient (Wildman–Crippen LogP) is 3.86. The van der Waals surface area contributed by atoms with Crippen molar-refractivity contribution < 1.29 is 9.90 Å². The van der Waals surface area contributed by atoms with Crippen LogP contribution in [0.4, 0.5) is 0 Å². The zero-order valence-electron chi connectivity index (χ0n) is 15.6. The standard InChI is InChI=1S/C21H20N4O2S/c1-14-11-15(2)24-21(23-14)28-13-17-3-7-18(8-4-17)20(27)25-22-12-16-5-9-19(26)10-6-16/h3-12,26H,13H2,1-2H3,(H,25,27)/b22-12+. The highest BCUT2D eigenvalue weighted by molar-refractivity contribution is 7.98. The molecule has 1 heterocycles. The van der Waals surface area contributed by atoms with Crippen LogP contribution in [-0.2, 0) is 5.75 Å². The minimum atomic E-state index is -0.285. The maximum atomic E-state index is 12.2. The number of carbonyl (C=O) groups excluding carboxylic acids is 1. The van der Waals surface area contributed by atoms with Gasteiger partial charge in [-0.2, -0.15) is 5.10 Å². The molecule has 0 fully saturated rings. The first-order valence-electron chi connectivity index (χ1n) is 8.66. The Morgan fingerprint density at radius 1 is 1.07 bits per heavy atom. The molecule has 0 aliphatic heterocycles. The third-order valence-corrected chi connectivity index (χ3v) is 4.74. The van der Waals surface area contributed by atoms with E-state index in [-0.39, 0.29) is 11.7 Å². The predicted molar refractivity (Wildman–Crippen MR) is 111 cm³/mol. The molecule has 2 aromatic carbocycles. The minimum absolute atomic E-state index is 0.184. The van der Waals surface area contributed by atoms with Gasteiger partial charge in [-0.05, 0) is 67.4 Å². The number of rotatable bonds is 6. The molecule has 0 unspecified atom stereocenters. The van der Waals surface area contributed by atoms with Crippen molar-refractivity contribution in [2.75, 3.05) is 0 Å². The second-order valence-corrected chi connectivity index (χ2v) is 7.15. The van der Waals surface area contributed by atoms with Crippen LogP contribution in [0.2, 0.25) is 0 Å². The number of benzene rings is 2. The zero-order valence-corrected chi connectivity index (χ0v) is 16.4. The first-order valence-corrected chi connectivity index (χ1v) is 9.64. The highest BCUT2D eigenvalue weighted by Gasteiger charge is 2.06. The van der Waals surface area contributed by atoms with E-state index in [1.807, 2.05) is 32.0 Å². The molecule has 28 heavy (non-hydrogen) atoms. The number of aromatic nitrogens is 2. The lowest BCUT2D eigenvalue weighted by Crippen LogP contribution is -2.17. The van der Waals surface area contributed by atoms with Gasteiger partial charge in [0, 0.05) is 22.7 Å². The second kappa shape index (κ2) is 9.14. The number of hydrogen-bond donors (Lipinski definition) is 2. The molecule has 6 nitrogen and oxygen atoms in total. The monoisotopic (exact) mass is 392 g/mol. The van der Waals surface area contributed by atoms with Gasteiger partial charge in [-0.25, -0.2) is 15.4 Å². The van der Waals surface area contributed by atoms with E-state index in [1.54, 1.807) is 48.2 Å². The molecule has 0 bridgehead atoms. The van der Waals surface area contributed by atoms with E-state index in [4.69, 9.17) is 0 Å². The molecule has 3 aromatic rings. The highest BCUT2D eigenvalue weighted by atomic mass is 32.2. The molecular formula is C21H20N4O2S. The lowest BCUT2D eigenvalue weighted by molar-refractivity contribution is 0.0955. The molecule has 0 spiro atoms. The highest BCUT2D eigenvalue weighted by Crippen LogP contribution is 2.20. The maximum absolute atomic E-state index is 12.2. The van der Waals surface area contributed by atoms with Crippen molar-refractivity contribution >= 4 is 23.9 Å². The Hall–Kier alpha value is -3.19. The largest absolute Gasteiger partial charge is 0.508 e. The number of aryl methyl sites for hydroxylation is 2. The van der Waals surface area contributed by atoms with Gasteiger partial charge in [0.15, 0.2) is 5.16 Å². The van der Waals surface area contributed by atoms with Crippen molar-refractivity contribution in [3.63, 3.8) is 0 Å². The third kappa shape index (κ3) is 5.65. The lowest BCUT2D eigenvalue weighted by atomic mass is 10.1. The van der Waals surface area contributed by atoms with Crippen LogP contribution in [0.3, 0.4) is 0 Å². The van der Waals surface area contributed by atoms with Crippen LogP contribution in [0.5, 0.6) is 5.75 Å². The summed E-state index contributed by atoms with van der Waals surface area (Å²) in [7, 11) is 0. The number of amides is 1. The van der Waals surface area contributed by atoms with Crippen LogP contribution in [-0.4, -0.2) is 27.2 Å². The van der Waals surface area contributed by atoms with Gasteiger partial charge in [-0.3, -0.25) is 4.79 Å². The normalized spacial score (nSPS) is 10.9. The van der Waals surface area contributed by atoms with Gasteiger partial charge in [0.05, 0.1) is 6.21 Å². The molecule has 2 N–H and O–H groups in total. The summed E-state index contributed by atoms with van der Waals surface area (Å²) in [5.74, 6) is 0.625. The summed E-state index contributed by atoms with van der Waals surface area (Å²) in [4.78, 5) is 21.0. The van der Waals surface area contributed by atoms with Crippen molar-refractivity contribution in [3.05, 3.63) is 82.7 Å². The molecule has 0 aliphatic rings. The van der Waals surface area contributed by atoms with E-state index in [1.165, 1.54) is 6.21 Å². The van der Waals surface area contributed by atoms with Crippen LogP contribution in [0.1, 0.15) is 32.9 Å². The summed E-state index contributed by atoms with van der Waals surface area (Å²) >= 11 is 1.56. The number of aromatic hydroxyl groups is 1. The molecule has 1 amide bonds. The van der Waals surface area contributed by atoms with Crippen LogP contribution in [0.25, 0.3) is 0 Å². The fourth-order valence-corrected chi connectivity index (χ4v) is 3.35. The van der Waals surface area contributed by atoms with Gasteiger partial charge in [0.2, 0.25) is 0 Å². The lowest BCUT2D eigenvalue weighted by Gasteiger charge is -2.05. The first-order chi connectivity index (χ1) is 13.5. The SMILES string of the molecule is Cc1cc(C)nc(SCc2ccc(C(=O)N/N=C/c3ccc(O)cc3)cc2)n1. The Morgan fingerprint density at radius 2 is 1.71 bits per heavy atom.